The Bertz CT molecular complexity index is 986. The van der Waals surface area contributed by atoms with Crippen molar-refractivity contribution in [1.29, 1.82) is 0 Å². The van der Waals surface area contributed by atoms with Gasteiger partial charge >= 0.3 is 6.09 Å². The van der Waals surface area contributed by atoms with E-state index in [4.69, 9.17) is 21.1 Å². The third kappa shape index (κ3) is 6.00. The van der Waals surface area contributed by atoms with Crippen molar-refractivity contribution in [2.24, 2.45) is 0 Å². The van der Waals surface area contributed by atoms with Crippen molar-refractivity contribution in [1.82, 2.24) is 10.6 Å². The number of hydrogen-bond donors (Lipinski definition) is 2. The Morgan fingerprint density at radius 1 is 1.18 bits per heavy atom. The van der Waals surface area contributed by atoms with Gasteiger partial charge in [0.05, 0.1) is 22.5 Å². The van der Waals surface area contributed by atoms with E-state index in [1.807, 2.05) is 48.5 Å². The molecule has 0 aliphatic carbocycles. The molecule has 182 valence electrons. The van der Waals surface area contributed by atoms with Crippen LogP contribution in [0.5, 0.6) is 0 Å². The first kappa shape index (κ1) is 24.3. The quantitative estimate of drug-likeness (QED) is 0.558. The highest BCUT2D eigenvalue weighted by Crippen LogP contribution is 2.37. The summed E-state index contributed by atoms with van der Waals surface area (Å²) in [5, 5.41) is 6.55. The Balaban J connectivity index is 1.42. The van der Waals surface area contributed by atoms with Crippen molar-refractivity contribution < 1.29 is 19.1 Å². The number of hydrogen-bond acceptors (Lipinski definition) is 6. The lowest BCUT2D eigenvalue weighted by Gasteiger charge is -2.36. The van der Waals surface area contributed by atoms with Crippen molar-refractivity contribution in [2.45, 2.75) is 31.6 Å². The van der Waals surface area contributed by atoms with Gasteiger partial charge in [0.1, 0.15) is 12.6 Å². The molecule has 2 N–H and O–H groups in total. The first-order valence-corrected chi connectivity index (χ1v) is 12.0. The molecule has 2 aliphatic rings. The second kappa shape index (κ2) is 11.6. The number of amides is 2. The summed E-state index contributed by atoms with van der Waals surface area (Å²) in [6.45, 7) is 3.89. The van der Waals surface area contributed by atoms with Gasteiger partial charge in [0.25, 0.3) is 0 Å². The third-order valence-electron chi connectivity index (χ3n) is 6.13. The van der Waals surface area contributed by atoms with Crippen molar-refractivity contribution in [2.75, 3.05) is 49.6 Å². The average Bonchev–Trinajstić information content (AvgIpc) is 2.81. The zero-order chi connectivity index (χ0) is 23.9. The number of halogens is 1. The van der Waals surface area contributed by atoms with Gasteiger partial charge in [0, 0.05) is 39.8 Å². The highest BCUT2D eigenvalue weighted by atomic mass is 35.5. The summed E-state index contributed by atoms with van der Waals surface area (Å²) in [5.41, 5.74) is 2.43. The maximum atomic E-state index is 13.2. The Hall–Kier alpha value is -2.81. The van der Waals surface area contributed by atoms with Crippen LogP contribution in [0.3, 0.4) is 0 Å². The smallest absolute Gasteiger partial charge is 0.408 e. The lowest BCUT2D eigenvalue weighted by Crippen LogP contribution is -2.51. The van der Waals surface area contributed by atoms with Gasteiger partial charge in [-0.1, -0.05) is 48.0 Å². The molecular formula is C25H31ClN4O4. The van der Waals surface area contributed by atoms with Gasteiger partial charge in [-0.15, -0.1) is 0 Å². The van der Waals surface area contributed by atoms with Gasteiger partial charge in [-0.05, 0) is 30.5 Å². The van der Waals surface area contributed by atoms with Crippen LogP contribution in [-0.2, 0) is 20.9 Å². The van der Waals surface area contributed by atoms with Crippen LogP contribution in [0.25, 0.3) is 0 Å². The van der Waals surface area contributed by atoms with Crippen LogP contribution in [0.2, 0.25) is 5.02 Å². The summed E-state index contributed by atoms with van der Waals surface area (Å²) >= 11 is 6.58. The Morgan fingerprint density at radius 2 is 1.97 bits per heavy atom. The summed E-state index contributed by atoms with van der Waals surface area (Å²) in [5.74, 6) is -0.208. The minimum absolute atomic E-state index is 0.143. The van der Waals surface area contributed by atoms with Gasteiger partial charge in [0.15, 0.2) is 0 Å². The van der Waals surface area contributed by atoms with E-state index < -0.39 is 12.1 Å². The average molecular weight is 487 g/mol. The number of para-hydroxylation sites is 1. The molecule has 2 aliphatic heterocycles. The number of likely N-dealkylation sites (N-methyl/N-ethyl adjacent to an activating group) is 1. The van der Waals surface area contributed by atoms with Gasteiger partial charge in [-0.2, -0.15) is 0 Å². The fourth-order valence-corrected chi connectivity index (χ4v) is 4.40. The highest BCUT2D eigenvalue weighted by molar-refractivity contribution is 6.34. The molecule has 1 saturated heterocycles. The molecule has 0 saturated carbocycles. The number of carbonyl (C=O) groups is 2. The molecular weight excluding hydrogens is 456 g/mol. The number of alkyl carbamates (subject to hydrolysis) is 1. The largest absolute Gasteiger partial charge is 0.445 e. The fourth-order valence-electron chi connectivity index (χ4n) is 4.11. The zero-order valence-corrected chi connectivity index (χ0v) is 20.1. The van der Waals surface area contributed by atoms with E-state index in [0.29, 0.717) is 36.4 Å². The molecule has 1 fully saturated rings. The molecule has 2 heterocycles. The molecule has 2 amide bonds. The van der Waals surface area contributed by atoms with E-state index >= 15 is 0 Å². The zero-order valence-electron chi connectivity index (χ0n) is 19.3. The van der Waals surface area contributed by atoms with E-state index in [0.717, 1.165) is 37.3 Å². The molecule has 0 spiro atoms. The molecule has 1 atom stereocenters. The Labute approximate surface area is 205 Å². The third-order valence-corrected chi connectivity index (χ3v) is 6.44. The SMILES string of the molecule is CN1C(=O)[C@@H](NC(=O)OCc2ccccc2)CCN(CCCOC2CNC2)c2c(Cl)cccc21. The van der Waals surface area contributed by atoms with Gasteiger partial charge in [-0.25, -0.2) is 4.79 Å². The van der Waals surface area contributed by atoms with Crippen molar-refractivity contribution in [3.63, 3.8) is 0 Å². The molecule has 34 heavy (non-hydrogen) atoms. The summed E-state index contributed by atoms with van der Waals surface area (Å²) in [4.78, 5) is 29.4. The molecule has 0 unspecified atom stereocenters. The highest BCUT2D eigenvalue weighted by Gasteiger charge is 2.31. The first-order chi connectivity index (χ1) is 16.5. The summed E-state index contributed by atoms with van der Waals surface area (Å²) in [6.07, 6.45) is 0.941. The molecule has 4 rings (SSSR count). The number of nitrogens with zero attached hydrogens (tertiary/aromatic N) is 2. The van der Waals surface area contributed by atoms with Crippen LogP contribution in [0.1, 0.15) is 18.4 Å². The first-order valence-electron chi connectivity index (χ1n) is 11.6. The van der Waals surface area contributed by atoms with Gasteiger partial charge in [-0.3, -0.25) is 4.79 Å². The number of fused-ring (bicyclic) bond motifs is 1. The second-order valence-corrected chi connectivity index (χ2v) is 8.95. The van der Waals surface area contributed by atoms with Crippen molar-refractivity contribution >= 4 is 35.0 Å². The van der Waals surface area contributed by atoms with Crippen LogP contribution in [0, 0.1) is 0 Å². The predicted molar refractivity (Wildman–Crippen MR) is 132 cm³/mol. The fraction of sp³-hybridized carbons (Fsp3) is 0.440. The molecule has 2 aromatic rings. The maximum Gasteiger partial charge on any atom is 0.408 e. The van der Waals surface area contributed by atoms with Crippen molar-refractivity contribution in [3.8, 4) is 0 Å². The van der Waals surface area contributed by atoms with Crippen LogP contribution in [-0.4, -0.2) is 64.0 Å². The molecule has 9 heteroatoms. The number of anilines is 2. The van der Waals surface area contributed by atoms with Crippen LogP contribution in [0.15, 0.2) is 48.5 Å². The summed E-state index contributed by atoms with van der Waals surface area (Å²) in [7, 11) is 1.71. The van der Waals surface area contributed by atoms with Gasteiger partial charge < -0.3 is 29.9 Å². The van der Waals surface area contributed by atoms with E-state index in [1.165, 1.54) is 0 Å². The number of nitrogens with one attached hydrogen (secondary N) is 2. The maximum absolute atomic E-state index is 13.2. The Kier molecular flexibility index (Phi) is 8.26. The van der Waals surface area contributed by atoms with Gasteiger partial charge in [0.2, 0.25) is 5.91 Å². The van der Waals surface area contributed by atoms with Crippen LogP contribution >= 0.6 is 11.6 Å². The Morgan fingerprint density at radius 3 is 2.71 bits per heavy atom. The molecule has 2 aromatic carbocycles. The standard InChI is InChI=1S/C25H31ClN4O4/c1-29-22-10-5-9-20(26)23(22)30(12-6-14-33-19-15-27-16-19)13-11-21(24(29)31)28-25(32)34-17-18-7-3-2-4-8-18/h2-5,7-10,19,21,27H,6,11-17H2,1H3,(H,28,32)/t21-/m0/s1. The summed E-state index contributed by atoms with van der Waals surface area (Å²) in [6, 6.07) is 14.3. The van der Waals surface area contributed by atoms with Crippen LogP contribution in [0.4, 0.5) is 16.2 Å². The lowest BCUT2D eigenvalue weighted by molar-refractivity contribution is -0.120. The topological polar surface area (TPSA) is 83.1 Å². The monoisotopic (exact) mass is 486 g/mol. The number of rotatable bonds is 8. The minimum atomic E-state index is -0.708. The summed E-state index contributed by atoms with van der Waals surface area (Å²) < 4.78 is 11.2. The molecule has 8 nitrogen and oxygen atoms in total. The molecule has 0 bridgehead atoms. The number of carbonyl (C=O) groups excluding carboxylic acids is 2. The van der Waals surface area contributed by atoms with E-state index in [-0.39, 0.29) is 12.5 Å². The minimum Gasteiger partial charge on any atom is -0.445 e. The van der Waals surface area contributed by atoms with Crippen LogP contribution < -0.4 is 20.4 Å². The molecule has 0 aromatic heterocycles. The lowest BCUT2D eigenvalue weighted by atomic mass is 10.1. The van der Waals surface area contributed by atoms with E-state index in [9.17, 15) is 9.59 Å². The predicted octanol–water partition coefficient (Wildman–Crippen LogP) is 3.19. The number of ether oxygens (including phenoxy) is 2. The van der Waals surface area contributed by atoms with E-state index in [2.05, 4.69) is 15.5 Å². The number of benzene rings is 2. The van der Waals surface area contributed by atoms with E-state index in [1.54, 1.807) is 11.9 Å². The van der Waals surface area contributed by atoms with Crippen molar-refractivity contribution in [3.05, 3.63) is 59.1 Å². The molecule has 0 radical (unpaired) electrons. The second-order valence-electron chi connectivity index (χ2n) is 8.54. The normalized spacial score (nSPS) is 18.5.